The van der Waals surface area contributed by atoms with Crippen molar-refractivity contribution in [2.45, 2.75) is 31.2 Å². The average Bonchev–Trinajstić information content (AvgIpc) is 3.53. The number of aromatic nitrogens is 5. The lowest BCUT2D eigenvalue weighted by atomic mass is 9.69. The van der Waals surface area contributed by atoms with Crippen LogP contribution in [-0.4, -0.2) is 48.5 Å². The number of ether oxygens (including phenoxy) is 1. The smallest absolute Gasteiger partial charge is 0.213 e. The van der Waals surface area contributed by atoms with Crippen LogP contribution in [0.1, 0.15) is 24.6 Å². The molecular weight excluding hydrogens is 475 g/mol. The molecule has 1 atom stereocenters. The van der Waals surface area contributed by atoms with Gasteiger partial charge in [-0.2, -0.15) is 10.2 Å². The Kier molecular flexibility index (Phi) is 6.10. The van der Waals surface area contributed by atoms with Gasteiger partial charge in [-0.3, -0.25) is 4.68 Å². The third-order valence-corrected chi connectivity index (χ3v) is 7.88. The minimum atomic E-state index is -0.252. The van der Waals surface area contributed by atoms with Crippen molar-refractivity contribution in [3.05, 3.63) is 89.9 Å². The highest BCUT2D eigenvalue weighted by molar-refractivity contribution is 7.97. The van der Waals surface area contributed by atoms with Crippen LogP contribution in [0.5, 0.6) is 5.88 Å². The van der Waals surface area contributed by atoms with Gasteiger partial charge in [0, 0.05) is 43.5 Å². The van der Waals surface area contributed by atoms with Crippen molar-refractivity contribution >= 4 is 18.0 Å². The molecule has 2 aliphatic rings. The highest BCUT2D eigenvalue weighted by atomic mass is 32.2. The molecule has 0 bridgehead atoms. The van der Waals surface area contributed by atoms with E-state index in [0.717, 1.165) is 48.8 Å². The number of nitrogens with zero attached hydrogens (tertiary/aromatic N) is 6. The van der Waals surface area contributed by atoms with Crippen molar-refractivity contribution in [2.75, 3.05) is 19.7 Å². The van der Waals surface area contributed by atoms with Crippen molar-refractivity contribution in [1.29, 1.82) is 0 Å². The first-order valence-electron chi connectivity index (χ1n) is 12.1. The number of hydrogen-bond donors (Lipinski definition) is 0. The third-order valence-electron chi connectivity index (χ3n) is 6.89. The van der Waals surface area contributed by atoms with E-state index in [0.29, 0.717) is 12.5 Å². The Bertz CT molecular complexity index is 1380. The minimum absolute atomic E-state index is 0.201. The van der Waals surface area contributed by atoms with E-state index in [4.69, 9.17) is 4.74 Å². The summed E-state index contributed by atoms with van der Waals surface area (Å²) in [4.78, 5) is 5.52. The molecule has 7 nitrogen and oxygen atoms in total. The van der Waals surface area contributed by atoms with E-state index < -0.39 is 0 Å². The summed E-state index contributed by atoms with van der Waals surface area (Å²) in [7, 11) is 0. The van der Waals surface area contributed by atoms with Gasteiger partial charge < -0.3 is 4.74 Å². The van der Waals surface area contributed by atoms with Crippen molar-refractivity contribution in [3.63, 3.8) is 0 Å². The highest BCUT2D eigenvalue weighted by Crippen LogP contribution is 2.46. The number of benzene rings is 1. The number of piperidine rings is 1. The Labute approximate surface area is 213 Å². The highest BCUT2D eigenvalue weighted by Gasteiger charge is 2.44. The van der Waals surface area contributed by atoms with Crippen molar-refractivity contribution in [3.8, 4) is 11.6 Å². The topological polar surface area (TPSA) is 61.0 Å². The Balaban J connectivity index is 1.31. The maximum atomic E-state index is 13.5. The zero-order valence-electron chi connectivity index (χ0n) is 20.0. The molecule has 0 spiro atoms. The van der Waals surface area contributed by atoms with Gasteiger partial charge in [-0.1, -0.05) is 11.6 Å². The summed E-state index contributed by atoms with van der Waals surface area (Å²) >= 11 is 1.76. The van der Waals surface area contributed by atoms with Gasteiger partial charge in [0.25, 0.3) is 0 Å². The summed E-state index contributed by atoms with van der Waals surface area (Å²) < 4.78 is 26.1. The standard InChI is InChI=1S/C27H27FN6OS/c1-2-32-17-24(16-30-32)36-33-12-10-21-13-25-20(15-31-34(25)23-8-6-22(28)7-9-23)14-27(21,18-33)19-35-26-5-3-4-11-29-26/h3-9,11,13,15-17H,2,10,12,14,18-19H2,1H3. The predicted octanol–water partition coefficient (Wildman–Crippen LogP) is 5.04. The molecule has 3 aromatic heterocycles. The first-order valence-corrected chi connectivity index (χ1v) is 12.9. The van der Waals surface area contributed by atoms with E-state index in [1.807, 2.05) is 40.0 Å². The van der Waals surface area contributed by atoms with Crippen LogP contribution in [0.3, 0.4) is 0 Å². The normalized spacial score (nSPS) is 19.4. The van der Waals surface area contributed by atoms with Crippen molar-refractivity contribution in [2.24, 2.45) is 5.41 Å². The fraction of sp³-hybridized carbons (Fsp3) is 0.296. The maximum absolute atomic E-state index is 13.5. The molecule has 6 rings (SSSR count). The van der Waals surface area contributed by atoms with Crippen LogP contribution in [0.2, 0.25) is 0 Å². The molecular formula is C27H27FN6OS. The molecule has 1 fully saturated rings. The maximum Gasteiger partial charge on any atom is 0.213 e. The van der Waals surface area contributed by atoms with E-state index in [9.17, 15) is 4.39 Å². The lowest BCUT2D eigenvalue weighted by molar-refractivity contribution is 0.126. The molecule has 0 radical (unpaired) electrons. The molecule has 1 aliphatic carbocycles. The fourth-order valence-electron chi connectivity index (χ4n) is 5.05. The first-order chi connectivity index (χ1) is 17.6. The van der Waals surface area contributed by atoms with Crippen LogP contribution in [0.25, 0.3) is 11.8 Å². The van der Waals surface area contributed by atoms with E-state index in [1.165, 1.54) is 23.3 Å². The first kappa shape index (κ1) is 23.0. The molecule has 184 valence electrons. The molecule has 1 aromatic carbocycles. The van der Waals surface area contributed by atoms with Gasteiger partial charge in [0.2, 0.25) is 5.88 Å². The van der Waals surface area contributed by atoms with E-state index in [-0.39, 0.29) is 11.2 Å². The molecule has 4 heterocycles. The summed E-state index contributed by atoms with van der Waals surface area (Å²) in [5, 5.41) is 9.10. The molecule has 0 amide bonds. The average molecular weight is 503 g/mol. The van der Waals surface area contributed by atoms with Gasteiger partial charge in [0.1, 0.15) is 12.4 Å². The monoisotopic (exact) mass is 502 g/mol. The van der Waals surface area contributed by atoms with Crippen LogP contribution in [-0.2, 0) is 13.0 Å². The fourth-order valence-corrected chi connectivity index (χ4v) is 6.10. The van der Waals surface area contributed by atoms with Crippen LogP contribution >= 0.6 is 11.9 Å². The van der Waals surface area contributed by atoms with E-state index in [2.05, 4.69) is 38.7 Å². The molecule has 9 heteroatoms. The second-order valence-electron chi connectivity index (χ2n) is 9.26. The lowest BCUT2D eigenvalue weighted by Crippen LogP contribution is -2.48. The zero-order valence-corrected chi connectivity index (χ0v) is 20.9. The molecule has 36 heavy (non-hydrogen) atoms. The zero-order chi connectivity index (χ0) is 24.5. The van der Waals surface area contributed by atoms with Gasteiger partial charge in [-0.25, -0.2) is 18.4 Å². The Morgan fingerprint density at radius 1 is 1.11 bits per heavy atom. The van der Waals surface area contributed by atoms with Gasteiger partial charge in [0.05, 0.1) is 28.7 Å². The summed E-state index contributed by atoms with van der Waals surface area (Å²) in [5.41, 5.74) is 4.24. The Morgan fingerprint density at radius 3 is 2.78 bits per heavy atom. The van der Waals surface area contributed by atoms with Crippen LogP contribution in [0.4, 0.5) is 4.39 Å². The van der Waals surface area contributed by atoms with E-state index >= 15 is 0 Å². The van der Waals surface area contributed by atoms with Gasteiger partial charge in [-0.15, -0.1) is 0 Å². The molecule has 1 aliphatic heterocycles. The van der Waals surface area contributed by atoms with Crippen molar-refractivity contribution in [1.82, 2.24) is 28.9 Å². The Morgan fingerprint density at radius 2 is 2.00 bits per heavy atom. The number of aryl methyl sites for hydroxylation is 1. The van der Waals surface area contributed by atoms with Gasteiger partial charge in [0.15, 0.2) is 0 Å². The SMILES string of the molecule is CCn1cc(SN2CCC3=Cc4c(cnn4-c4ccc(F)cc4)CC3(COc3ccccn3)C2)cn1. The number of fused-ring (bicyclic) bond motifs is 2. The van der Waals surface area contributed by atoms with Crippen molar-refractivity contribution < 1.29 is 9.13 Å². The third kappa shape index (κ3) is 4.44. The largest absolute Gasteiger partial charge is 0.477 e. The quantitative estimate of drug-likeness (QED) is 0.330. The Hall–Kier alpha value is -3.43. The molecule has 1 unspecified atom stereocenters. The summed E-state index contributed by atoms with van der Waals surface area (Å²) in [6, 6.07) is 12.2. The number of halogens is 1. The molecule has 4 aromatic rings. The van der Waals surface area contributed by atoms with E-state index in [1.54, 1.807) is 30.3 Å². The van der Waals surface area contributed by atoms with Crippen LogP contribution < -0.4 is 4.74 Å². The lowest BCUT2D eigenvalue weighted by Gasteiger charge is -2.45. The summed E-state index contributed by atoms with van der Waals surface area (Å²) in [5.74, 6) is 0.381. The number of rotatable bonds is 7. The summed E-state index contributed by atoms with van der Waals surface area (Å²) in [6.07, 6.45) is 11.7. The predicted molar refractivity (Wildman–Crippen MR) is 137 cm³/mol. The van der Waals surface area contributed by atoms with Gasteiger partial charge >= 0.3 is 0 Å². The second kappa shape index (κ2) is 9.55. The second-order valence-corrected chi connectivity index (χ2v) is 10.4. The van der Waals surface area contributed by atoms with Gasteiger partial charge in [-0.05, 0) is 73.7 Å². The minimum Gasteiger partial charge on any atom is -0.477 e. The molecule has 1 saturated heterocycles. The van der Waals surface area contributed by atoms with Crippen LogP contribution in [0, 0.1) is 11.2 Å². The molecule has 0 saturated carbocycles. The number of hydrogen-bond acceptors (Lipinski definition) is 6. The molecule has 0 N–H and O–H groups in total. The van der Waals surface area contributed by atoms with Crippen LogP contribution in [0.15, 0.2) is 77.7 Å². The summed E-state index contributed by atoms with van der Waals surface area (Å²) in [6.45, 7) is 5.25. The number of pyridine rings is 1.